The number of aryl methyl sites for hydroxylation is 2. The molecule has 3 N–H and O–H groups in total. The molecule has 3 aromatic heterocycles. The van der Waals surface area contributed by atoms with Crippen LogP contribution in [-0.2, 0) is 23.1 Å². The van der Waals surface area contributed by atoms with Crippen molar-refractivity contribution in [3.63, 3.8) is 0 Å². The Morgan fingerprint density at radius 2 is 2.03 bits per heavy atom. The minimum absolute atomic E-state index is 0.0909. The van der Waals surface area contributed by atoms with Gasteiger partial charge in [-0.2, -0.15) is 4.68 Å². The first-order chi connectivity index (χ1) is 14.0. The smallest absolute Gasteiger partial charge is 0.290 e. The van der Waals surface area contributed by atoms with Gasteiger partial charge in [0.05, 0.1) is 29.5 Å². The number of hydrogen-bond donors (Lipinski definition) is 3. The highest BCUT2D eigenvalue weighted by molar-refractivity contribution is 5.78. The monoisotopic (exact) mass is 396 g/mol. The lowest BCUT2D eigenvalue weighted by atomic mass is 10.3. The molecule has 1 aromatic carbocycles. The summed E-state index contributed by atoms with van der Waals surface area (Å²) >= 11 is 0. The van der Waals surface area contributed by atoms with Crippen molar-refractivity contribution < 1.29 is 14.7 Å². The van der Waals surface area contributed by atoms with E-state index >= 15 is 0 Å². The van der Waals surface area contributed by atoms with Gasteiger partial charge in [0.25, 0.3) is 6.47 Å². The summed E-state index contributed by atoms with van der Waals surface area (Å²) in [6.45, 7) is 1.66. The number of aromatic nitrogens is 7. The summed E-state index contributed by atoms with van der Waals surface area (Å²) in [5, 5.41) is 14.0. The predicted octanol–water partition coefficient (Wildman–Crippen LogP) is 0.842. The van der Waals surface area contributed by atoms with Gasteiger partial charge < -0.3 is 20.0 Å². The number of aromatic amines is 1. The number of benzene rings is 1. The molecule has 0 aliphatic carbocycles. The van der Waals surface area contributed by atoms with Gasteiger partial charge in [-0.3, -0.25) is 9.59 Å². The van der Waals surface area contributed by atoms with Gasteiger partial charge in [-0.25, -0.2) is 15.0 Å². The lowest BCUT2D eigenvalue weighted by Gasteiger charge is -2.04. The number of nitrogens with one attached hydrogen (secondary N) is 2. The van der Waals surface area contributed by atoms with E-state index in [0.29, 0.717) is 17.6 Å². The van der Waals surface area contributed by atoms with Gasteiger partial charge in [0.15, 0.2) is 11.6 Å². The lowest BCUT2D eigenvalue weighted by Crippen LogP contribution is -2.20. The second kappa shape index (κ2) is 8.33. The third-order valence-corrected chi connectivity index (χ3v) is 4.16. The van der Waals surface area contributed by atoms with E-state index in [1.807, 2.05) is 42.8 Å². The number of imidazole rings is 2. The maximum atomic E-state index is 11.8. The quantitative estimate of drug-likeness (QED) is 0.434. The Morgan fingerprint density at radius 1 is 1.31 bits per heavy atom. The third-order valence-electron chi connectivity index (χ3n) is 4.16. The molecule has 4 rings (SSSR count). The Balaban J connectivity index is 0.000000755. The maximum absolute atomic E-state index is 11.8. The number of amides is 1. The Labute approximate surface area is 165 Å². The molecule has 0 aliphatic rings. The second-order valence-corrected chi connectivity index (χ2v) is 6.09. The van der Waals surface area contributed by atoms with Crippen LogP contribution in [0.5, 0.6) is 0 Å². The van der Waals surface area contributed by atoms with Crippen LogP contribution in [0.2, 0.25) is 0 Å². The molecule has 1 amide bonds. The highest BCUT2D eigenvalue weighted by Crippen LogP contribution is 2.24. The van der Waals surface area contributed by atoms with Crippen LogP contribution in [-0.4, -0.2) is 58.8 Å². The topological polar surface area (TPSA) is 144 Å². The number of carboxylic acid groups (broad SMARTS) is 1. The van der Waals surface area contributed by atoms with E-state index in [0.717, 1.165) is 22.4 Å². The fraction of sp³-hybridized carbons (Fsp3) is 0.222. The predicted molar refractivity (Wildman–Crippen MR) is 104 cm³/mol. The maximum Gasteiger partial charge on any atom is 0.290 e. The number of hydrogen-bond acceptors (Lipinski definition) is 6. The molecule has 0 bridgehead atoms. The number of rotatable bonds is 4. The van der Waals surface area contributed by atoms with Gasteiger partial charge in [0.1, 0.15) is 5.69 Å². The Hall–Kier alpha value is -4.02. The molecule has 0 saturated carbocycles. The summed E-state index contributed by atoms with van der Waals surface area (Å²) in [4.78, 5) is 36.9. The van der Waals surface area contributed by atoms with Crippen molar-refractivity contribution in [1.29, 1.82) is 0 Å². The highest BCUT2D eigenvalue weighted by atomic mass is 16.3. The van der Waals surface area contributed by atoms with Crippen LogP contribution in [0.25, 0.3) is 28.5 Å². The summed E-state index contributed by atoms with van der Waals surface area (Å²) in [6, 6.07) is 7.74. The number of para-hydroxylation sites is 2. The van der Waals surface area contributed by atoms with Crippen LogP contribution in [0, 0.1) is 6.92 Å². The van der Waals surface area contributed by atoms with E-state index in [-0.39, 0.29) is 18.8 Å². The van der Waals surface area contributed by atoms with Crippen molar-refractivity contribution in [3.8, 4) is 17.5 Å². The SMILES string of the molecule is CNC(=O)Cc1nc(-c2c(C)ncn2C)n(-c2nc3ccccc3[nH]2)n1.O=CO. The van der Waals surface area contributed by atoms with Gasteiger partial charge in [0, 0.05) is 14.1 Å². The molecule has 0 radical (unpaired) electrons. The minimum Gasteiger partial charge on any atom is -0.483 e. The van der Waals surface area contributed by atoms with E-state index in [1.165, 1.54) is 0 Å². The van der Waals surface area contributed by atoms with Crippen LogP contribution < -0.4 is 5.32 Å². The molecule has 0 unspecified atom stereocenters. The number of nitrogens with zero attached hydrogens (tertiary/aromatic N) is 6. The summed E-state index contributed by atoms with van der Waals surface area (Å²) < 4.78 is 3.50. The average molecular weight is 396 g/mol. The first kappa shape index (κ1) is 19.7. The number of carbonyl (C=O) groups excluding carboxylic acids is 1. The standard InChI is InChI=1S/C17H18N8O.CH2O2/c1-10-15(24(3)9-19-10)16-22-13(8-14(26)18-2)23-25(16)17-20-11-6-4-5-7-12(11)21-17;2-1-3/h4-7,9H,8H2,1-3H3,(H,18,26)(H,20,21);1H,(H,2,3). The van der Waals surface area contributed by atoms with Crippen molar-refractivity contribution in [2.45, 2.75) is 13.3 Å². The van der Waals surface area contributed by atoms with Crippen molar-refractivity contribution in [1.82, 2.24) is 39.6 Å². The minimum atomic E-state index is -0.250. The molecule has 29 heavy (non-hydrogen) atoms. The van der Waals surface area contributed by atoms with Crippen LogP contribution in [0.3, 0.4) is 0 Å². The zero-order valence-electron chi connectivity index (χ0n) is 16.1. The molecule has 4 aromatic rings. The number of carbonyl (C=O) groups is 2. The number of likely N-dealkylation sites (N-methyl/N-ethyl adjacent to an activating group) is 1. The van der Waals surface area contributed by atoms with E-state index in [9.17, 15) is 4.79 Å². The van der Waals surface area contributed by atoms with Gasteiger partial charge in [-0.1, -0.05) is 12.1 Å². The van der Waals surface area contributed by atoms with Crippen molar-refractivity contribution in [2.24, 2.45) is 7.05 Å². The molecular formula is C18H20N8O3. The van der Waals surface area contributed by atoms with Crippen LogP contribution in [0.1, 0.15) is 11.5 Å². The Morgan fingerprint density at radius 3 is 2.66 bits per heavy atom. The van der Waals surface area contributed by atoms with Gasteiger partial charge in [-0.05, 0) is 19.1 Å². The van der Waals surface area contributed by atoms with E-state index in [2.05, 4.69) is 30.4 Å². The zero-order chi connectivity index (χ0) is 21.0. The Kier molecular flexibility index (Phi) is 5.67. The zero-order valence-corrected chi connectivity index (χ0v) is 16.1. The fourth-order valence-electron chi connectivity index (χ4n) is 2.87. The van der Waals surface area contributed by atoms with E-state index in [4.69, 9.17) is 9.90 Å². The van der Waals surface area contributed by atoms with Gasteiger partial charge in [-0.15, -0.1) is 5.10 Å². The molecule has 0 aliphatic heterocycles. The summed E-state index contributed by atoms with van der Waals surface area (Å²) in [6.07, 6.45) is 1.81. The second-order valence-electron chi connectivity index (χ2n) is 6.09. The molecule has 0 saturated heterocycles. The van der Waals surface area contributed by atoms with Crippen LogP contribution >= 0.6 is 0 Å². The van der Waals surface area contributed by atoms with Gasteiger partial charge >= 0.3 is 0 Å². The first-order valence-corrected chi connectivity index (χ1v) is 8.66. The molecule has 3 heterocycles. The van der Waals surface area contributed by atoms with Gasteiger partial charge in [0.2, 0.25) is 11.9 Å². The molecule has 0 atom stereocenters. The average Bonchev–Trinajstić information content (AvgIpc) is 3.39. The van der Waals surface area contributed by atoms with Crippen LogP contribution in [0.15, 0.2) is 30.6 Å². The highest BCUT2D eigenvalue weighted by Gasteiger charge is 2.21. The summed E-state index contributed by atoms with van der Waals surface area (Å²) in [5.74, 6) is 1.39. The largest absolute Gasteiger partial charge is 0.483 e. The first-order valence-electron chi connectivity index (χ1n) is 8.66. The molecular weight excluding hydrogens is 376 g/mol. The number of fused-ring (bicyclic) bond motifs is 1. The molecule has 0 spiro atoms. The van der Waals surface area contributed by atoms with E-state index in [1.54, 1.807) is 18.1 Å². The fourth-order valence-corrected chi connectivity index (χ4v) is 2.87. The van der Waals surface area contributed by atoms with Crippen molar-refractivity contribution in [2.75, 3.05) is 7.05 Å². The van der Waals surface area contributed by atoms with Crippen molar-refractivity contribution in [3.05, 3.63) is 42.1 Å². The van der Waals surface area contributed by atoms with Crippen molar-refractivity contribution >= 4 is 23.4 Å². The summed E-state index contributed by atoms with van der Waals surface area (Å²) in [5.41, 5.74) is 3.38. The molecule has 150 valence electrons. The van der Waals surface area contributed by atoms with E-state index < -0.39 is 0 Å². The third kappa shape index (κ3) is 3.98. The molecule has 11 heteroatoms. The normalized spacial score (nSPS) is 10.4. The Bertz CT molecular complexity index is 1100. The molecule has 11 nitrogen and oxygen atoms in total. The summed E-state index contributed by atoms with van der Waals surface area (Å²) in [7, 11) is 3.48. The number of H-pyrrole nitrogens is 1. The lowest BCUT2D eigenvalue weighted by molar-refractivity contribution is -0.123. The molecule has 0 fully saturated rings. The van der Waals surface area contributed by atoms with Crippen LogP contribution in [0.4, 0.5) is 0 Å².